The summed E-state index contributed by atoms with van der Waals surface area (Å²) in [6, 6.07) is 14.2. The van der Waals surface area contributed by atoms with Crippen molar-refractivity contribution in [3.63, 3.8) is 0 Å². The summed E-state index contributed by atoms with van der Waals surface area (Å²) in [5, 5.41) is 15.3. The summed E-state index contributed by atoms with van der Waals surface area (Å²) in [5.74, 6) is -0.409. The van der Waals surface area contributed by atoms with Crippen LogP contribution in [0.25, 0.3) is 5.69 Å². The highest BCUT2D eigenvalue weighted by molar-refractivity contribution is 5.92. The molecule has 160 valence electrons. The zero-order chi connectivity index (χ0) is 21.8. The fraction of sp³-hybridized carbons (Fsp3) is 0.273. The van der Waals surface area contributed by atoms with Crippen molar-refractivity contribution in [2.24, 2.45) is 0 Å². The molecule has 0 N–H and O–H groups in total. The molecule has 1 amide bonds. The number of carbonyl (C=O) groups excluding carboxylic acids is 1. The maximum atomic E-state index is 13.1. The molecule has 0 unspecified atom stereocenters. The molecule has 1 aromatic heterocycles. The lowest BCUT2D eigenvalue weighted by molar-refractivity contribution is -0.384. The Morgan fingerprint density at radius 2 is 1.87 bits per heavy atom. The second-order valence-corrected chi connectivity index (χ2v) is 7.47. The number of hydrogen-bond donors (Lipinski definition) is 0. The Bertz CT molecular complexity index is 1080. The van der Waals surface area contributed by atoms with Crippen molar-refractivity contribution < 1.29 is 14.1 Å². The second-order valence-electron chi connectivity index (χ2n) is 7.47. The number of nitrogens with zero attached hydrogens (tertiary/aromatic N) is 5. The fourth-order valence-electron chi connectivity index (χ4n) is 3.67. The molecular weight excluding hydrogens is 401 g/mol. The zero-order valence-electron chi connectivity index (χ0n) is 16.9. The van der Waals surface area contributed by atoms with Crippen LogP contribution in [0, 0.1) is 15.9 Å². The van der Waals surface area contributed by atoms with Crippen molar-refractivity contribution in [3.05, 3.63) is 88.0 Å². The van der Waals surface area contributed by atoms with Gasteiger partial charge in [-0.1, -0.05) is 18.2 Å². The van der Waals surface area contributed by atoms with Gasteiger partial charge in [-0.05, 0) is 36.2 Å². The molecule has 2 aromatic carbocycles. The summed E-state index contributed by atoms with van der Waals surface area (Å²) in [7, 11) is 0. The van der Waals surface area contributed by atoms with Crippen LogP contribution >= 0.6 is 0 Å². The highest BCUT2D eigenvalue weighted by Gasteiger charge is 2.22. The standard InChI is InChI=1S/C22H22FN5O3/c23-18-7-5-17(6-8-18)16-25-10-2-11-26(14-13-25)22(29)21-9-12-27(24-21)19-3-1-4-20(15-19)28(30)31/h1,3-9,12,15H,2,10-11,13-14,16H2. The summed E-state index contributed by atoms with van der Waals surface area (Å²) in [6.07, 6.45) is 2.46. The van der Waals surface area contributed by atoms with Gasteiger partial charge in [0.05, 0.1) is 10.6 Å². The number of carbonyl (C=O) groups is 1. The van der Waals surface area contributed by atoms with E-state index in [0.717, 1.165) is 18.5 Å². The fourth-order valence-corrected chi connectivity index (χ4v) is 3.67. The molecule has 1 saturated heterocycles. The van der Waals surface area contributed by atoms with Gasteiger partial charge < -0.3 is 4.90 Å². The lowest BCUT2D eigenvalue weighted by Gasteiger charge is -2.21. The predicted molar refractivity (Wildman–Crippen MR) is 112 cm³/mol. The van der Waals surface area contributed by atoms with E-state index in [9.17, 15) is 19.3 Å². The van der Waals surface area contributed by atoms with E-state index in [-0.39, 0.29) is 17.4 Å². The van der Waals surface area contributed by atoms with Gasteiger partial charge in [0.15, 0.2) is 5.69 Å². The van der Waals surface area contributed by atoms with Gasteiger partial charge in [-0.2, -0.15) is 5.10 Å². The van der Waals surface area contributed by atoms with Gasteiger partial charge in [-0.25, -0.2) is 9.07 Å². The van der Waals surface area contributed by atoms with E-state index in [1.165, 1.54) is 28.9 Å². The van der Waals surface area contributed by atoms with E-state index in [1.807, 2.05) is 0 Å². The van der Waals surface area contributed by atoms with Gasteiger partial charge in [-0.3, -0.25) is 19.8 Å². The van der Waals surface area contributed by atoms with Crippen LogP contribution in [0.2, 0.25) is 0 Å². The molecule has 3 aromatic rings. The van der Waals surface area contributed by atoms with Crippen LogP contribution in [0.3, 0.4) is 0 Å². The Morgan fingerprint density at radius 1 is 1.06 bits per heavy atom. The summed E-state index contributed by atoms with van der Waals surface area (Å²) >= 11 is 0. The molecule has 1 aliphatic rings. The summed E-state index contributed by atoms with van der Waals surface area (Å²) in [5.41, 5.74) is 1.83. The summed E-state index contributed by atoms with van der Waals surface area (Å²) in [4.78, 5) is 27.5. The normalized spacial score (nSPS) is 14.9. The Hall–Kier alpha value is -3.59. The van der Waals surface area contributed by atoms with Crippen LogP contribution in [-0.2, 0) is 6.54 Å². The van der Waals surface area contributed by atoms with Crippen molar-refractivity contribution in [1.29, 1.82) is 0 Å². The number of nitro benzene ring substituents is 1. The minimum atomic E-state index is -0.464. The lowest BCUT2D eigenvalue weighted by Crippen LogP contribution is -2.35. The first-order valence-electron chi connectivity index (χ1n) is 10.1. The molecule has 0 radical (unpaired) electrons. The molecule has 4 rings (SSSR count). The maximum absolute atomic E-state index is 13.1. The molecule has 8 nitrogen and oxygen atoms in total. The topological polar surface area (TPSA) is 84.5 Å². The third kappa shape index (κ3) is 4.95. The Labute approximate surface area is 178 Å². The minimum absolute atomic E-state index is 0.0327. The van der Waals surface area contributed by atoms with Crippen LogP contribution in [0.5, 0.6) is 0 Å². The largest absolute Gasteiger partial charge is 0.336 e. The van der Waals surface area contributed by atoms with E-state index in [1.54, 1.807) is 41.4 Å². The Morgan fingerprint density at radius 3 is 2.65 bits per heavy atom. The van der Waals surface area contributed by atoms with E-state index in [2.05, 4.69) is 10.00 Å². The predicted octanol–water partition coefficient (Wildman–Crippen LogP) is 3.27. The first-order chi connectivity index (χ1) is 15.0. The van der Waals surface area contributed by atoms with E-state index >= 15 is 0 Å². The Balaban J connectivity index is 1.40. The monoisotopic (exact) mass is 423 g/mol. The molecule has 0 spiro atoms. The average Bonchev–Trinajstić information content (AvgIpc) is 3.16. The Kier molecular flexibility index (Phi) is 6.03. The maximum Gasteiger partial charge on any atom is 0.274 e. The molecule has 0 saturated carbocycles. The van der Waals surface area contributed by atoms with Gasteiger partial charge in [0.25, 0.3) is 11.6 Å². The number of benzene rings is 2. The van der Waals surface area contributed by atoms with Crippen molar-refractivity contribution in [2.75, 3.05) is 26.2 Å². The van der Waals surface area contributed by atoms with E-state index in [4.69, 9.17) is 0 Å². The highest BCUT2D eigenvalue weighted by Crippen LogP contribution is 2.17. The number of rotatable bonds is 5. The number of non-ortho nitro benzene ring substituents is 1. The van der Waals surface area contributed by atoms with Crippen molar-refractivity contribution in [1.82, 2.24) is 19.6 Å². The van der Waals surface area contributed by atoms with Crippen LogP contribution in [0.4, 0.5) is 10.1 Å². The van der Waals surface area contributed by atoms with Gasteiger partial charge in [0, 0.05) is 51.1 Å². The smallest absolute Gasteiger partial charge is 0.274 e. The zero-order valence-corrected chi connectivity index (χ0v) is 16.9. The van der Waals surface area contributed by atoms with Crippen molar-refractivity contribution >= 4 is 11.6 Å². The molecule has 1 aliphatic heterocycles. The summed E-state index contributed by atoms with van der Waals surface area (Å²) in [6.45, 7) is 3.48. The molecule has 2 heterocycles. The van der Waals surface area contributed by atoms with Crippen LogP contribution in [-0.4, -0.2) is 56.6 Å². The number of nitro groups is 1. The van der Waals surface area contributed by atoms with Crippen molar-refractivity contribution in [3.8, 4) is 5.69 Å². The molecule has 9 heteroatoms. The molecule has 1 fully saturated rings. The van der Waals surface area contributed by atoms with Crippen LogP contribution in [0.15, 0.2) is 60.8 Å². The molecule has 31 heavy (non-hydrogen) atoms. The third-order valence-electron chi connectivity index (χ3n) is 5.31. The second kappa shape index (κ2) is 9.05. The first kappa shape index (κ1) is 20.7. The molecular formula is C22H22FN5O3. The number of halogens is 1. The van der Waals surface area contributed by atoms with Crippen LogP contribution < -0.4 is 0 Å². The first-order valence-corrected chi connectivity index (χ1v) is 10.1. The quantitative estimate of drug-likeness (QED) is 0.465. The number of hydrogen-bond acceptors (Lipinski definition) is 5. The lowest BCUT2D eigenvalue weighted by atomic mass is 10.2. The highest BCUT2D eigenvalue weighted by atomic mass is 19.1. The number of amides is 1. The SMILES string of the molecule is O=C(c1ccn(-c2cccc([N+](=O)[O-])c2)n1)N1CCCN(Cc2ccc(F)cc2)CC1. The molecule has 0 bridgehead atoms. The van der Waals surface area contributed by atoms with Gasteiger partial charge >= 0.3 is 0 Å². The van der Waals surface area contributed by atoms with E-state index in [0.29, 0.717) is 37.6 Å². The molecule has 0 aliphatic carbocycles. The third-order valence-corrected chi connectivity index (χ3v) is 5.31. The minimum Gasteiger partial charge on any atom is -0.336 e. The number of aromatic nitrogens is 2. The van der Waals surface area contributed by atoms with Gasteiger partial charge in [-0.15, -0.1) is 0 Å². The average molecular weight is 423 g/mol. The van der Waals surface area contributed by atoms with E-state index < -0.39 is 4.92 Å². The molecule has 0 atom stereocenters. The van der Waals surface area contributed by atoms with Crippen LogP contribution in [0.1, 0.15) is 22.5 Å². The summed E-state index contributed by atoms with van der Waals surface area (Å²) < 4.78 is 14.6. The van der Waals surface area contributed by atoms with Gasteiger partial charge in [0.2, 0.25) is 0 Å². The van der Waals surface area contributed by atoms with Gasteiger partial charge in [0.1, 0.15) is 5.82 Å². The van der Waals surface area contributed by atoms with Crippen molar-refractivity contribution in [2.45, 2.75) is 13.0 Å².